The Labute approximate surface area is 160 Å². The predicted octanol–water partition coefficient (Wildman–Crippen LogP) is 3.94. The first-order valence-electron chi connectivity index (χ1n) is 7.88. The van der Waals surface area contributed by atoms with Crippen LogP contribution in [0.15, 0.2) is 76.5 Å². The zero-order valence-corrected chi connectivity index (χ0v) is 15.3. The van der Waals surface area contributed by atoms with Crippen molar-refractivity contribution < 1.29 is 22.7 Å². The Hall–Kier alpha value is -2.96. The van der Waals surface area contributed by atoms with Crippen molar-refractivity contribution >= 4 is 33.2 Å². The molecule has 1 aliphatic rings. The quantitative estimate of drug-likeness (QED) is 0.377. The van der Waals surface area contributed by atoms with Crippen LogP contribution in [0.25, 0.3) is 0 Å². The van der Waals surface area contributed by atoms with Gasteiger partial charge in [0.1, 0.15) is 5.75 Å². The van der Waals surface area contributed by atoms with E-state index in [-0.39, 0.29) is 32.2 Å². The van der Waals surface area contributed by atoms with Gasteiger partial charge in [-0.05, 0) is 48.5 Å². The fourth-order valence-corrected chi connectivity index (χ4v) is 4.77. The van der Waals surface area contributed by atoms with Gasteiger partial charge in [-0.3, -0.25) is 4.79 Å². The highest BCUT2D eigenvalue weighted by Crippen LogP contribution is 2.35. The van der Waals surface area contributed by atoms with Crippen molar-refractivity contribution in [3.63, 3.8) is 0 Å². The average Bonchev–Trinajstić information content (AvgIpc) is 2.66. The molecule has 0 fully saturated rings. The summed E-state index contributed by atoms with van der Waals surface area (Å²) < 4.78 is 31.0. The number of halogens is 1. The number of hydrogen-bond acceptors (Lipinski definition) is 5. The molecule has 0 saturated heterocycles. The van der Waals surface area contributed by atoms with Crippen LogP contribution >= 0.6 is 11.6 Å². The maximum atomic E-state index is 12.9. The van der Waals surface area contributed by atoms with Gasteiger partial charge in [0.05, 0.1) is 15.4 Å². The average molecular weight is 399 g/mol. The summed E-state index contributed by atoms with van der Waals surface area (Å²) in [7, 11) is -3.92. The molecule has 3 aromatic rings. The van der Waals surface area contributed by atoms with Crippen LogP contribution in [0.3, 0.4) is 0 Å². The highest BCUT2D eigenvalue weighted by atomic mass is 35.5. The summed E-state index contributed by atoms with van der Waals surface area (Å²) in [6.07, 6.45) is 0. The smallest absolute Gasteiger partial charge is 0.343 e. The van der Waals surface area contributed by atoms with Gasteiger partial charge in [-0.2, -0.15) is 0 Å². The number of benzene rings is 3. The summed E-state index contributed by atoms with van der Waals surface area (Å²) in [6, 6.07) is 16.2. The summed E-state index contributed by atoms with van der Waals surface area (Å²) in [5.41, 5.74) is 0.178. The number of carbonyl (C=O) groups is 2. The van der Waals surface area contributed by atoms with Crippen LogP contribution in [0.2, 0.25) is 5.02 Å². The molecular formula is C20H11ClO5S. The Morgan fingerprint density at radius 2 is 1.59 bits per heavy atom. The molecule has 0 spiro atoms. The molecule has 27 heavy (non-hydrogen) atoms. The number of hydrogen-bond donors (Lipinski definition) is 0. The number of ether oxygens (including phenoxy) is 1. The molecule has 1 aliphatic heterocycles. The Bertz CT molecular complexity index is 1210. The maximum Gasteiger partial charge on any atom is 0.343 e. The van der Waals surface area contributed by atoms with Crippen LogP contribution in [0.1, 0.15) is 26.3 Å². The number of rotatable bonds is 2. The van der Waals surface area contributed by atoms with E-state index in [1.165, 1.54) is 36.4 Å². The molecule has 4 rings (SSSR count). The lowest BCUT2D eigenvalue weighted by Gasteiger charge is -2.19. The molecule has 0 radical (unpaired) electrons. The van der Waals surface area contributed by atoms with E-state index in [0.717, 1.165) is 0 Å². The molecule has 134 valence electrons. The molecule has 0 atom stereocenters. The van der Waals surface area contributed by atoms with Crippen molar-refractivity contribution in [1.82, 2.24) is 0 Å². The number of sulfone groups is 1. The second-order valence-electron chi connectivity index (χ2n) is 5.89. The number of esters is 1. The molecule has 0 unspecified atom stereocenters. The highest BCUT2D eigenvalue weighted by molar-refractivity contribution is 7.91. The van der Waals surface area contributed by atoms with Crippen LogP contribution in [0.5, 0.6) is 5.75 Å². The van der Waals surface area contributed by atoms with Crippen molar-refractivity contribution in [2.24, 2.45) is 0 Å². The van der Waals surface area contributed by atoms with E-state index in [1.54, 1.807) is 30.3 Å². The predicted molar refractivity (Wildman–Crippen MR) is 98.2 cm³/mol. The number of carbonyl (C=O) groups excluding carboxylic acids is 2. The van der Waals surface area contributed by atoms with Crippen molar-refractivity contribution in [3.05, 3.63) is 88.4 Å². The first-order chi connectivity index (χ1) is 12.9. The SMILES string of the molecule is O=C(Oc1cccc(Cl)c1)c1ccc2c(c1)S(=O)(=O)c1ccccc1C2=O. The van der Waals surface area contributed by atoms with Crippen LogP contribution in [0, 0.1) is 0 Å². The van der Waals surface area contributed by atoms with Gasteiger partial charge in [0.15, 0.2) is 5.78 Å². The van der Waals surface area contributed by atoms with Gasteiger partial charge >= 0.3 is 5.97 Å². The minimum atomic E-state index is -3.92. The van der Waals surface area contributed by atoms with E-state index in [2.05, 4.69) is 0 Å². The monoisotopic (exact) mass is 398 g/mol. The second kappa shape index (κ2) is 6.33. The summed E-state index contributed by atoms with van der Waals surface area (Å²) in [6.45, 7) is 0. The molecule has 1 heterocycles. The Morgan fingerprint density at radius 1 is 0.852 bits per heavy atom. The fourth-order valence-electron chi connectivity index (χ4n) is 2.91. The van der Waals surface area contributed by atoms with E-state index < -0.39 is 21.6 Å². The Kier molecular flexibility index (Phi) is 4.09. The molecule has 0 amide bonds. The highest BCUT2D eigenvalue weighted by Gasteiger charge is 2.35. The van der Waals surface area contributed by atoms with Crippen LogP contribution < -0.4 is 4.74 Å². The van der Waals surface area contributed by atoms with E-state index in [0.29, 0.717) is 5.02 Å². The summed E-state index contributed by atoms with van der Waals surface area (Å²) in [5, 5.41) is 0.399. The second-order valence-corrected chi connectivity index (χ2v) is 8.21. The summed E-state index contributed by atoms with van der Waals surface area (Å²) in [5.74, 6) is -0.916. The first-order valence-corrected chi connectivity index (χ1v) is 9.74. The summed E-state index contributed by atoms with van der Waals surface area (Å²) in [4.78, 5) is 24.7. The number of fused-ring (bicyclic) bond motifs is 2. The summed E-state index contributed by atoms with van der Waals surface area (Å²) >= 11 is 5.86. The van der Waals surface area contributed by atoms with E-state index in [4.69, 9.17) is 16.3 Å². The minimum absolute atomic E-state index is 0.0180. The van der Waals surface area contributed by atoms with E-state index in [1.807, 2.05) is 0 Å². The molecule has 0 aromatic heterocycles. The molecule has 7 heteroatoms. The maximum absolute atomic E-state index is 12.9. The van der Waals surface area contributed by atoms with Crippen molar-refractivity contribution in [1.29, 1.82) is 0 Å². The standard InChI is InChI=1S/C20H11ClO5S/c21-13-4-3-5-14(11-13)26-20(23)12-8-9-16-18(10-12)27(24,25)17-7-2-1-6-15(17)19(16)22/h1-11H. The fraction of sp³-hybridized carbons (Fsp3) is 0. The van der Waals surface area contributed by atoms with E-state index >= 15 is 0 Å². The molecule has 0 bridgehead atoms. The van der Waals surface area contributed by atoms with Gasteiger partial charge in [-0.25, -0.2) is 13.2 Å². The zero-order chi connectivity index (χ0) is 19.2. The third-order valence-corrected chi connectivity index (χ3v) is 6.27. The van der Waals surface area contributed by atoms with Crippen molar-refractivity contribution in [3.8, 4) is 5.75 Å². The lowest BCUT2D eigenvalue weighted by molar-refractivity contribution is 0.0734. The molecule has 3 aromatic carbocycles. The largest absolute Gasteiger partial charge is 0.423 e. The Morgan fingerprint density at radius 3 is 2.37 bits per heavy atom. The molecule has 0 saturated carbocycles. The molecular weight excluding hydrogens is 388 g/mol. The zero-order valence-electron chi connectivity index (χ0n) is 13.7. The molecule has 5 nitrogen and oxygen atoms in total. The number of ketones is 1. The van der Waals surface area contributed by atoms with Gasteiger partial charge < -0.3 is 4.74 Å². The van der Waals surface area contributed by atoms with Crippen LogP contribution in [0.4, 0.5) is 0 Å². The van der Waals surface area contributed by atoms with Crippen molar-refractivity contribution in [2.45, 2.75) is 9.79 Å². The van der Waals surface area contributed by atoms with Gasteiger partial charge in [0.25, 0.3) is 0 Å². The third kappa shape index (κ3) is 2.93. The van der Waals surface area contributed by atoms with Crippen LogP contribution in [-0.2, 0) is 9.84 Å². The third-order valence-electron chi connectivity index (χ3n) is 4.18. The van der Waals surface area contributed by atoms with E-state index in [9.17, 15) is 18.0 Å². The Balaban J connectivity index is 1.77. The molecule has 0 N–H and O–H groups in total. The topological polar surface area (TPSA) is 77.5 Å². The van der Waals surface area contributed by atoms with Crippen LogP contribution in [-0.4, -0.2) is 20.2 Å². The molecule has 0 aliphatic carbocycles. The normalized spacial score (nSPS) is 14.2. The lowest BCUT2D eigenvalue weighted by Crippen LogP contribution is -2.21. The van der Waals surface area contributed by atoms with Gasteiger partial charge in [-0.1, -0.05) is 29.8 Å². The minimum Gasteiger partial charge on any atom is -0.423 e. The van der Waals surface area contributed by atoms with Gasteiger partial charge in [0, 0.05) is 16.1 Å². The van der Waals surface area contributed by atoms with Crippen molar-refractivity contribution in [2.75, 3.05) is 0 Å². The van der Waals surface area contributed by atoms with Gasteiger partial charge in [0.2, 0.25) is 9.84 Å². The van der Waals surface area contributed by atoms with Gasteiger partial charge in [-0.15, -0.1) is 0 Å². The first kappa shape index (κ1) is 17.5. The lowest BCUT2D eigenvalue weighted by atomic mass is 10.0.